The van der Waals surface area contributed by atoms with Crippen LogP contribution in [0.1, 0.15) is 29.2 Å². The number of nitrogens with zero attached hydrogens (tertiary/aromatic N) is 6. The van der Waals surface area contributed by atoms with Gasteiger partial charge in [0, 0.05) is 52.5 Å². The minimum atomic E-state index is -0.491. The summed E-state index contributed by atoms with van der Waals surface area (Å²) in [5, 5.41) is 8.16. The number of nitrogens with one attached hydrogen (secondary N) is 1. The fourth-order valence-corrected chi connectivity index (χ4v) is 6.02. The Morgan fingerprint density at radius 1 is 1.16 bits per heavy atom. The third-order valence-electron chi connectivity index (χ3n) is 7.16. The Morgan fingerprint density at radius 2 is 1.92 bits per heavy atom. The van der Waals surface area contributed by atoms with Crippen LogP contribution < -0.4 is 11.1 Å². The number of fused-ring (bicyclic) bond motifs is 3. The Bertz CT molecular complexity index is 1610. The maximum atomic E-state index is 13.4. The van der Waals surface area contributed by atoms with E-state index >= 15 is 0 Å². The third kappa shape index (κ3) is 4.18. The van der Waals surface area contributed by atoms with Gasteiger partial charge in [-0.15, -0.1) is 0 Å². The molecule has 0 spiro atoms. The highest BCUT2D eigenvalue weighted by atomic mass is 127. The van der Waals surface area contributed by atoms with Gasteiger partial charge < -0.3 is 16.0 Å². The molecule has 1 aromatic carbocycles. The Labute approximate surface area is 230 Å². The normalized spacial score (nSPS) is 20.2. The van der Waals surface area contributed by atoms with E-state index in [-0.39, 0.29) is 23.8 Å². The van der Waals surface area contributed by atoms with Crippen molar-refractivity contribution in [3.63, 3.8) is 0 Å². The summed E-state index contributed by atoms with van der Waals surface area (Å²) < 4.78 is 15.8. The van der Waals surface area contributed by atoms with E-state index in [4.69, 9.17) is 10.8 Å². The molecule has 38 heavy (non-hydrogen) atoms. The van der Waals surface area contributed by atoms with Crippen LogP contribution in [0.3, 0.4) is 0 Å². The summed E-state index contributed by atoms with van der Waals surface area (Å²) in [6, 6.07) is 9.14. The molecule has 192 valence electrons. The Morgan fingerprint density at radius 3 is 2.63 bits per heavy atom. The predicted molar refractivity (Wildman–Crippen MR) is 147 cm³/mol. The van der Waals surface area contributed by atoms with Crippen LogP contribution in [0.4, 0.5) is 16.0 Å². The third-order valence-corrected chi connectivity index (χ3v) is 7.64. The predicted octanol–water partition coefficient (Wildman–Crippen LogP) is 3.81. The first-order valence-electron chi connectivity index (χ1n) is 12.0. The van der Waals surface area contributed by atoms with Crippen molar-refractivity contribution in [3.8, 4) is 11.3 Å². The van der Waals surface area contributed by atoms with Gasteiger partial charge in [0.2, 0.25) is 5.91 Å². The van der Waals surface area contributed by atoms with E-state index in [1.165, 1.54) is 18.3 Å². The molecule has 2 fully saturated rings. The topological polar surface area (TPSA) is 132 Å². The molecule has 1 saturated carbocycles. The number of pyridine rings is 1. The van der Waals surface area contributed by atoms with Crippen molar-refractivity contribution >= 4 is 57.1 Å². The summed E-state index contributed by atoms with van der Waals surface area (Å²) in [6.07, 6.45) is 4.43. The lowest BCUT2D eigenvalue weighted by Crippen LogP contribution is -2.42. The van der Waals surface area contributed by atoms with Gasteiger partial charge in [-0.25, -0.2) is 24.0 Å². The van der Waals surface area contributed by atoms with E-state index in [0.717, 1.165) is 31.0 Å². The number of carbonyl (C=O) groups excluding carboxylic acids is 2. The zero-order valence-electron chi connectivity index (χ0n) is 20.0. The SMILES string of the molecule is C=CC(=O)N1C[C@@H]2C[C@H]1[C@@H](n1nc(-c3ccc(C(=O)Nc4cc(F)ccn4)cc3)c3c(N)nc(I)nc31)C2. The van der Waals surface area contributed by atoms with Gasteiger partial charge in [0.15, 0.2) is 9.48 Å². The lowest BCUT2D eigenvalue weighted by Gasteiger charge is -2.32. The molecule has 12 heteroatoms. The molecule has 2 aliphatic rings. The Hall–Kier alpha value is -3.94. The molecule has 6 rings (SSSR count). The number of halogens is 2. The average Bonchev–Trinajstić information content (AvgIpc) is 3.61. The van der Waals surface area contributed by atoms with Crippen LogP contribution in [0.25, 0.3) is 22.3 Å². The number of anilines is 2. The van der Waals surface area contributed by atoms with Gasteiger partial charge in [0.1, 0.15) is 23.1 Å². The van der Waals surface area contributed by atoms with Crippen LogP contribution in [0.15, 0.2) is 55.3 Å². The fraction of sp³-hybridized carbons (Fsp3) is 0.231. The molecule has 2 amide bonds. The molecule has 1 aliphatic carbocycles. The lowest BCUT2D eigenvalue weighted by atomic mass is 10.1. The number of aromatic nitrogens is 5. The zero-order chi connectivity index (χ0) is 26.6. The molecule has 3 N–H and O–H groups in total. The van der Waals surface area contributed by atoms with E-state index in [1.54, 1.807) is 24.3 Å². The van der Waals surface area contributed by atoms with Gasteiger partial charge in [0.25, 0.3) is 5.91 Å². The maximum absolute atomic E-state index is 13.4. The van der Waals surface area contributed by atoms with E-state index in [2.05, 4.69) is 26.8 Å². The minimum absolute atomic E-state index is 0.00203. The van der Waals surface area contributed by atoms with Crippen molar-refractivity contribution in [1.82, 2.24) is 29.6 Å². The van der Waals surface area contributed by atoms with Crippen molar-refractivity contribution < 1.29 is 14.0 Å². The molecule has 3 aromatic heterocycles. The second-order valence-electron chi connectivity index (χ2n) is 9.43. The largest absolute Gasteiger partial charge is 0.383 e. The molecular formula is C26H22FIN8O2. The van der Waals surface area contributed by atoms with Crippen LogP contribution in [-0.4, -0.2) is 54.0 Å². The molecule has 4 heterocycles. The zero-order valence-corrected chi connectivity index (χ0v) is 22.2. The number of hydrogen-bond donors (Lipinski definition) is 2. The van der Waals surface area contributed by atoms with Crippen molar-refractivity contribution in [2.45, 2.75) is 24.9 Å². The second-order valence-corrected chi connectivity index (χ2v) is 10.4. The quantitative estimate of drug-likeness (QED) is 0.196. The van der Waals surface area contributed by atoms with Gasteiger partial charge in [-0.05, 0) is 43.0 Å². The van der Waals surface area contributed by atoms with Crippen molar-refractivity contribution in [3.05, 3.63) is 70.5 Å². The summed E-state index contributed by atoms with van der Waals surface area (Å²) in [7, 11) is 0. The number of amides is 2. The second kappa shape index (κ2) is 9.42. The number of nitrogen functional groups attached to an aromatic ring is 1. The number of nitrogens with two attached hydrogens (primary N) is 1. The number of carbonyl (C=O) groups is 2. The van der Waals surface area contributed by atoms with Crippen molar-refractivity contribution in [1.29, 1.82) is 0 Å². The number of hydrogen-bond acceptors (Lipinski definition) is 7. The fourth-order valence-electron chi connectivity index (χ4n) is 5.54. The maximum Gasteiger partial charge on any atom is 0.256 e. The van der Waals surface area contributed by atoms with Gasteiger partial charge in [0.05, 0.1) is 17.5 Å². The highest BCUT2D eigenvalue weighted by molar-refractivity contribution is 14.1. The van der Waals surface area contributed by atoms with E-state index < -0.39 is 11.7 Å². The summed E-state index contributed by atoms with van der Waals surface area (Å²) in [6.45, 7) is 4.37. The summed E-state index contributed by atoms with van der Waals surface area (Å²) in [5.74, 6) is -0.170. The highest BCUT2D eigenvalue weighted by Gasteiger charge is 2.48. The van der Waals surface area contributed by atoms with E-state index in [1.807, 2.05) is 32.2 Å². The molecule has 1 aliphatic heterocycles. The van der Waals surface area contributed by atoms with Gasteiger partial charge in [-0.3, -0.25) is 9.59 Å². The highest BCUT2D eigenvalue weighted by Crippen LogP contribution is 2.46. The van der Waals surface area contributed by atoms with Gasteiger partial charge >= 0.3 is 0 Å². The molecular weight excluding hydrogens is 602 g/mol. The first-order chi connectivity index (χ1) is 18.3. The van der Waals surface area contributed by atoms with Crippen LogP contribution in [-0.2, 0) is 4.79 Å². The molecule has 2 bridgehead atoms. The van der Waals surface area contributed by atoms with Gasteiger partial charge in [-0.2, -0.15) is 5.10 Å². The van der Waals surface area contributed by atoms with Gasteiger partial charge in [-0.1, -0.05) is 18.7 Å². The summed E-state index contributed by atoms with van der Waals surface area (Å²) in [5.41, 5.74) is 8.67. The molecule has 10 nitrogen and oxygen atoms in total. The summed E-state index contributed by atoms with van der Waals surface area (Å²) in [4.78, 5) is 40.0. The molecule has 3 atom stereocenters. The minimum Gasteiger partial charge on any atom is -0.383 e. The number of rotatable bonds is 5. The lowest BCUT2D eigenvalue weighted by molar-refractivity contribution is -0.128. The van der Waals surface area contributed by atoms with Crippen LogP contribution >= 0.6 is 22.6 Å². The van der Waals surface area contributed by atoms with Crippen LogP contribution in [0.5, 0.6) is 0 Å². The first kappa shape index (κ1) is 24.4. The Balaban J connectivity index is 1.36. The molecule has 0 unspecified atom stereocenters. The Kier molecular flexibility index (Phi) is 6.05. The van der Waals surface area contributed by atoms with Crippen molar-refractivity contribution in [2.24, 2.45) is 5.92 Å². The summed E-state index contributed by atoms with van der Waals surface area (Å²) >= 11 is 2.03. The number of likely N-dealkylation sites (tertiary alicyclic amines) is 1. The van der Waals surface area contributed by atoms with Crippen LogP contribution in [0.2, 0.25) is 0 Å². The van der Waals surface area contributed by atoms with Crippen molar-refractivity contribution in [2.75, 3.05) is 17.6 Å². The molecule has 4 aromatic rings. The smallest absolute Gasteiger partial charge is 0.256 e. The first-order valence-corrected chi connectivity index (χ1v) is 13.1. The monoisotopic (exact) mass is 624 g/mol. The average molecular weight is 624 g/mol. The van der Waals surface area contributed by atoms with E-state index in [9.17, 15) is 14.0 Å². The number of benzene rings is 1. The van der Waals surface area contributed by atoms with Crippen LogP contribution in [0, 0.1) is 15.6 Å². The molecule has 1 saturated heterocycles. The number of piperidine rings is 1. The molecule has 0 radical (unpaired) electrons. The van der Waals surface area contributed by atoms with E-state index in [0.29, 0.717) is 37.9 Å². The standard InChI is InChI=1S/C26H22FIN8O2/c1-2-20(37)35-12-13-9-17(35)18(10-13)36-24-21(23(29)32-26(28)33-24)22(34-36)14-3-5-15(6-4-14)25(38)31-19-11-16(27)7-8-30-19/h2-8,11,13,17-18H,1,9-10,12H2,(H2,29,32,33)(H,30,31,38)/t13-,17+,18+/m1/s1.